The Labute approximate surface area is 143 Å². The molecule has 0 radical (unpaired) electrons. The predicted octanol–water partition coefficient (Wildman–Crippen LogP) is 1.31. The minimum absolute atomic E-state index is 0. The quantitative estimate of drug-likeness (QED) is 0.725. The summed E-state index contributed by atoms with van der Waals surface area (Å²) in [6, 6.07) is 4.43. The molecule has 2 N–H and O–H groups in total. The molecule has 0 saturated heterocycles. The number of ether oxygens (including phenoxy) is 1. The van der Waals surface area contributed by atoms with Crippen molar-refractivity contribution in [2.75, 3.05) is 39.6 Å². The van der Waals surface area contributed by atoms with Crippen LogP contribution in [0.15, 0.2) is 23.1 Å². The van der Waals surface area contributed by atoms with Crippen molar-refractivity contribution in [3.8, 4) is 5.75 Å². The number of rotatable bonds is 8. The standard InChI is InChI=1S/C14H23N3O4S.ClH/c1-5-21-13-7-6-11(22(19,20)17(3)4)10-12(13)16-14(18)8-9-15-2;/h6-7,10,15H,5,8-9H2,1-4H3,(H,16,18);1H. The lowest BCUT2D eigenvalue weighted by Crippen LogP contribution is -2.23. The molecule has 0 aliphatic carbocycles. The summed E-state index contributed by atoms with van der Waals surface area (Å²) < 4.78 is 30.9. The fourth-order valence-corrected chi connectivity index (χ4v) is 2.64. The molecule has 0 atom stereocenters. The van der Waals surface area contributed by atoms with Gasteiger partial charge in [-0.25, -0.2) is 12.7 Å². The van der Waals surface area contributed by atoms with Crippen molar-refractivity contribution in [3.63, 3.8) is 0 Å². The number of carbonyl (C=O) groups is 1. The second-order valence-corrected chi connectivity index (χ2v) is 6.93. The van der Waals surface area contributed by atoms with Gasteiger partial charge in [-0.3, -0.25) is 4.79 Å². The van der Waals surface area contributed by atoms with Gasteiger partial charge in [-0.15, -0.1) is 12.4 Å². The van der Waals surface area contributed by atoms with Gasteiger partial charge in [0.15, 0.2) is 0 Å². The van der Waals surface area contributed by atoms with Gasteiger partial charge in [-0.05, 0) is 32.2 Å². The molecule has 0 heterocycles. The van der Waals surface area contributed by atoms with Crippen LogP contribution in [0, 0.1) is 0 Å². The molecule has 0 aromatic heterocycles. The van der Waals surface area contributed by atoms with Gasteiger partial charge in [-0.2, -0.15) is 0 Å². The molecule has 1 aromatic carbocycles. The number of nitrogens with one attached hydrogen (secondary N) is 2. The van der Waals surface area contributed by atoms with Crippen molar-refractivity contribution in [3.05, 3.63) is 18.2 Å². The van der Waals surface area contributed by atoms with E-state index in [2.05, 4.69) is 10.6 Å². The second-order valence-electron chi connectivity index (χ2n) is 4.78. The van der Waals surface area contributed by atoms with E-state index in [-0.39, 0.29) is 29.6 Å². The number of halogens is 1. The Kier molecular flexibility index (Phi) is 9.14. The van der Waals surface area contributed by atoms with Crippen LogP contribution in [0.2, 0.25) is 0 Å². The van der Waals surface area contributed by atoms with Gasteiger partial charge in [0.25, 0.3) is 0 Å². The molecule has 0 saturated carbocycles. The zero-order valence-corrected chi connectivity index (χ0v) is 15.4. The van der Waals surface area contributed by atoms with E-state index in [0.717, 1.165) is 4.31 Å². The van der Waals surface area contributed by atoms with Crippen LogP contribution in [0.1, 0.15) is 13.3 Å². The Bertz CT molecular complexity index is 620. The van der Waals surface area contributed by atoms with Crippen molar-refractivity contribution >= 4 is 34.0 Å². The molecule has 0 bridgehead atoms. The molecule has 23 heavy (non-hydrogen) atoms. The van der Waals surface area contributed by atoms with E-state index in [4.69, 9.17) is 4.74 Å². The molecule has 1 aromatic rings. The summed E-state index contributed by atoms with van der Waals surface area (Å²) in [6.45, 7) is 2.77. The van der Waals surface area contributed by atoms with E-state index in [1.54, 1.807) is 13.1 Å². The van der Waals surface area contributed by atoms with Crippen LogP contribution >= 0.6 is 12.4 Å². The molecule has 7 nitrogen and oxygen atoms in total. The first-order valence-corrected chi connectivity index (χ1v) is 8.40. The van der Waals surface area contributed by atoms with E-state index in [1.165, 1.54) is 26.2 Å². The summed E-state index contributed by atoms with van der Waals surface area (Å²) in [5.74, 6) is 0.229. The van der Waals surface area contributed by atoms with Crippen LogP contribution in [0.3, 0.4) is 0 Å². The Balaban J connectivity index is 0.00000484. The lowest BCUT2D eigenvalue weighted by Gasteiger charge is -2.16. The Morgan fingerprint density at radius 3 is 2.48 bits per heavy atom. The summed E-state index contributed by atoms with van der Waals surface area (Å²) in [5.41, 5.74) is 0.353. The molecule has 0 aliphatic heterocycles. The molecule has 0 unspecified atom stereocenters. The fraction of sp³-hybridized carbons (Fsp3) is 0.500. The summed E-state index contributed by atoms with van der Waals surface area (Å²) >= 11 is 0. The maximum atomic E-state index is 12.2. The van der Waals surface area contributed by atoms with Crippen LogP contribution in [0.4, 0.5) is 5.69 Å². The van der Waals surface area contributed by atoms with Gasteiger partial charge in [0.1, 0.15) is 5.75 Å². The molecule has 1 amide bonds. The highest BCUT2D eigenvalue weighted by atomic mass is 35.5. The number of anilines is 1. The van der Waals surface area contributed by atoms with Crippen LogP contribution < -0.4 is 15.4 Å². The van der Waals surface area contributed by atoms with E-state index in [9.17, 15) is 13.2 Å². The highest BCUT2D eigenvalue weighted by Gasteiger charge is 2.19. The van der Waals surface area contributed by atoms with E-state index >= 15 is 0 Å². The third kappa shape index (κ3) is 5.98. The molecule has 0 aliphatic rings. The zero-order chi connectivity index (χ0) is 16.8. The van der Waals surface area contributed by atoms with Crippen molar-refractivity contribution in [2.24, 2.45) is 0 Å². The first kappa shape index (κ1) is 21.6. The van der Waals surface area contributed by atoms with Crippen LogP contribution in [0.25, 0.3) is 0 Å². The Hall–Kier alpha value is -1.35. The van der Waals surface area contributed by atoms with Gasteiger partial charge >= 0.3 is 0 Å². The monoisotopic (exact) mass is 365 g/mol. The first-order chi connectivity index (χ1) is 10.3. The number of nitrogens with zero attached hydrogens (tertiary/aromatic N) is 1. The number of benzene rings is 1. The van der Waals surface area contributed by atoms with Crippen LogP contribution in [-0.4, -0.2) is 52.9 Å². The molecule has 1 rings (SSSR count). The predicted molar refractivity (Wildman–Crippen MR) is 92.9 cm³/mol. The molecular weight excluding hydrogens is 342 g/mol. The second kappa shape index (κ2) is 9.71. The topological polar surface area (TPSA) is 87.7 Å². The lowest BCUT2D eigenvalue weighted by molar-refractivity contribution is -0.116. The Morgan fingerprint density at radius 2 is 1.96 bits per heavy atom. The van der Waals surface area contributed by atoms with Gasteiger partial charge in [0.2, 0.25) is 15.9 Å². The Morgan fingerprint density at radius 1 is 1.30 bits per heavy atom. The highest BCUT2D eigenvalue weighted by molar-refractivity contribution is 7.89. The fourth-order valence-electron chi connectivity index (χ4n) is 1.71. The highest BCUT2D eigenvalue weighted by Crippen LogP contribution is 2.28. The normalized spacial score (nSPS) is 11.0. The first-order valence-electron chi connectivity index (χ1n) is 6.96. The van der Waals surface area contributed by atoms with Crippen molar-refractivity contribution in [2.45, 2.75) is 18.2 Å². The zero-order valence-electron chi connectivity index (χ0n) is 13.8. The third-order valence-electron chi connectivity index (χ3n) is 2.91. The minimum atomic E-state index is -3.57. The summed E-state index contributed by atoms with van der Waals surface area (Å²) in [4.78, 5) is 12.0. The summed E-state index contributed by atoms with van der Waals surface area (Å²) in [7, 11) is 1.09. The average Bonchev–Trinajstić information content (AvgIpc) is 2.46. The van der Waals surface area contributed by atoms with Gasteiger partial charge in [-0.1, -0.05) is 0 Å². The van der Waals surface area contributed by atoms with E-state index in [0.29, 0.717) is 24.6 Å². The smallest absolute Gasteiger partial charge is 0.242 e. The number of hydrogen-bond donors (Lipinski definition) is 2. The summed E-state index contributed by atoms with van der Waals surface area (Å²) in [6.07, 6.45) is 0.284. The largest absolute Gasteiger partial charge is 0.492 e. The maximum absolute atomic E-state index is 12.2. The van der Waals surface area contributed by atoms with E-state index < -0.39 is 10.0 Å². The van der Waals surface area contributed by atoms with Gasteiger partial charge in [0.05, 0.1) is 17.2 Å². The van der Waals surface area contributed by atoms with Gasteiger partial charge in [0, 0.05) is 27.1 Å². The number of hydrogen-bond acceptors (Lipinski definition) is 5. The lowest BCUT2D eigenvalue weighted by atomic mass is 10.2. The van der Waals surface area contributed by atoms with E-state index in [1.807, 2.05) is 6.92 Å². The third-order valence-corrected chi connectivity index (χ3v) is 4.72. The van der Waals surface area contributed by atoms with Crippen LogP contribution in [0.5, 0.6) is 5.75 Å². The molecule has 9 heteroatoms. The number of amides is 1. The average molecular weight is 366 g/mol. The number of sulfonamides is 1. The van der Waals surface area contributed by atoms with Crippen molar-refractivity contribution in [1.82, 2.24) is 9.62 Å². The minimum Gasteiger partial charge on any atom is -0.492 e. The van der Waals surface area contributed by atoms with Gasteiger partial charge < -0.3 is 15.4 Å². The molecule has 0 spiro atoms. The number of carbonyl (C=O) groups excluding carboxylic acids is 1. The maximum Gasteiger partial charge on any atom is 0.242 e. The van der Waals surface area contributed by atoms with Crippen molar-refractivity contribution in [1.29, 1.82) is 0 Å². The summed E-state index contributed by atoms with van der Waals surface area (Å²) in [5, 5.41) is 5.57. The van der Waals surface area contributed by atoms with Crippen molar-refractivity contribution < 1.29 is 17.9 Å². The SMILES string of the molecule is CCOc1ccc(S(=O)(=O)N(C)C)cc1NC(=O)CCNC.Cl. The molecule has 132 valence electrons. The molecule has 0 fully saturated rings. The van der Waals surface area contributed by atoms with Crippen LogP contribution in [-0.2, 0) is 14.8 Å². The molecular formula is C14H24ClN3O4S.